The van der Waals surface area contributed by atoms with Gasteiger partial charge in [-0.25, -0.2) is 0 Å². The topological polar surface area (TPSA) is 0 Å². The van der Waals surface area contributed by atoms with E-state index in [9.17, 15) is 0 Å². The zero-order chi connectivity index (χ0) is 25.7. The molecule has 0 unspecified atom stereocenters. The van der Waals surface area contributed by atoms with E-state index in [1.807, 2.05) is 0 Å². The zero-order valence-electron chi connectivity index (χ0n) is 20.8. The molecule has 6 aromatic rings. The fourth-order valence-electron chi connectivity index (χ4n) is 4.78. The van der Waals surface area contributed by atoms with Gasteiger partial charge in [0.1, 0.15) is 0 Å². The van der Waals surface area contributed by atoms with Crippen LogP contribution in [0.3, 0.4) is 0 Å². The van der Waals surface area contributed by atoms with Crippen molar-refractivity contribution in [2.24, 2.45) is 0 Å². The van der Waals surface area contributed by atoms with Crippen LogP contribution < -0.4 is 0 Å². The molecule has 182 valence electrons. The summed E-state index contributed by atoms with van der Waals surface area (Å²) >= 11 is 6.50. The maximum absolute atomic E-state index is 4.70. The fourth-order valence-corrected chi connectivity index (χ4v) is 5.85. The second-order valence-corrected chi connectivity index (χ2v) is 10.8. The molecule has 0 N–H and O–H groups in total. The summed E-state index contributed by atoms with van der Waals surface area (Å²) < 4.78 is 0. The van der Waals surface area contributed by atoms with Crippen LogP contribution in [0.2, 0.25) is 0 Å². The minimum absolute atomic E-state index is 0.954. The van der Waals surface area contributed by atoms with Crippen molar-refractivity contribution >= 4 is 24.4 Å². The maximum atomic E-state index is 4.70. The van der Waals surface area contributed by atoms with E-state index in [-0.39, 0.29) is 0 Å². The van der Waals surface area contributed by atoms with Crippen molar-refractivity contribution in [3.05, 3.63) is 152 Å². The van der Waals surface area contributed by atoms with Gasteiger partial charge in [0.2, 0.25) is 0 Å². The van der Waals surface area contributed by atoms with Crippen LogP contribution in [0.25, 0.3) is 44.5 Å². The van der Waals surface area contributed by atoms with E-state index >= 15 is 0 Å². The third-order valence-electron chi connectivity index (χ3n) is 6.65. The molecule has 0 aliphatic heterocycles. The minimum atomic E-state index is 0.954. The standard InChI is InChI=1S/C36H26S2/c37-30-18-22-33(28-12-6-2-7-13-28)36(24-30)34-23-21-32(25-35(34)29-14-8-3-9-15-29)38-31-19-16-27(17-20-31)26-10-4-1-5-11-26/h1-25,37H. The van der Waals surface area contributed by atoms with E-state index in [1.165, 1.54) is 54.3 Å². The second kappa shape index (κ2) is 11.2. The van der Waals surface area contributed by atoms with E-state index in [2.05, 4.69) is 152 Å². The maximum Gasteiger partial charge on any atom is 0.0128 e. The van der Waals surface area contributed by atoms with E-state index in [1.54, 1.807) is 11.8 Å². The van der Waals surface area contributed by atoms with Crippen LogP contribution >= 0.6 is 24.4 Å². The molecule has 0 aliphatic carbocycles. The molecule has 2 heteroatoms. The van der Waals surface area contributed by atoms with Gasteiger partial charge in [-0.1, -0.05) is 127 Å². The van der Waals surface area contributed by atoms with Gasteiger partial charge in [0.15, 0.2) is 0 Å². The molecular weight excluding hydrogens is 497 g/mol. The number of benzene rings is 6. The Kier molecular flexibility index (Phi) is 7.17. The Hall–Kier alpha value is -3.98. The van der Waals surface area contributed by atoms with Crippen LogP contribution in [0.15, 0.2) is 166 Å². The van der Waals surface area contributed by atoms with Crippen molar-refractivity contribution in [3.8, 4) is 44.5 Å². The van der Waals surface area contributed by atoms with Crippen LogP contribution in [-0.4, -0.2) is 0 Å². The van der Waals surface area contributed by atoms with E-state index in [4.69, 9.17) is 12.6 Å². The molecule has 38 heavy (non-hydrogen) atoms. The van der Waals surface area contributed by atoms with Gasteiger partial charge in [-0.15, -0.1) is 12.6 Å². The van der Waals surface area contributed by atoms with Gasteiger partial charge >= 0.3 is 0 Å². The lowest BCUT2D eigenvalue weighted by molar-refractivity contribution is 1.39. The Balaban J connectivity index is 1.41. The lowest BCUT2D eigenvalue weighted by Crippen LogP contribution is -1.90. The molecule has 0 aliphatic rings. The van der Waals surface area contributed by atoms with Gasteiger partial charge in [-0.05, 0) is 80.9 Å². The molecule has 6 aromatic carbocycles. The van der Waals surface area contributed by atoms with Crippen molar-refractivity contribution in [2.45, 2.75) is 14.7 Å². The van der Waals surface area contributed by atoms with Crippen LogP contribution in [0.4, 0.5) is 0 Å². The highest BCUT2D eigenvalue weighted by atomic mass is 32.2. The average Bonchev–Trinajstić information content (AvgIpc) is 2.99. The first-order valence-corrected chi connectivity index (χ1v) is 13.9. The highest BCUT2D eigenvalue weighted by molar-refractivity contribution is 7.99. The predicted molar refractivity (Wildman–Crippen MR) is 166 cm³/mol. The fraction of sp³-hybridized carbons (Fsp3) is 0. The van der Waals surface area contributed by atoms with Crippen LogP contribution in [-0.2, 0) is 0 Å². The van der Waals surface area contributed by atoms with Crippen molar-refractivity contribution in [1.82, 2.24) is 0 Å². The van der Waals surface area contributed by atoms with Gasteiger partial charge in [-0.2, -0.15) is 0 Å². The summed E-state index contributed by atoms with van der Waals surface area (Å²) in [5.41, 5.74) is 9.68. The molecule has 0 nitrogen and oxygen atoms in total. The normalized spacial score (nSPS) is 10.9. The molecule has 0 saturated carbocycles. The van der Waals surface area contributed by atoms with Crippen LogP contribution in [0.1, 0.15) is 0 Å². The zero-order valence-corrected chi connectivity index (χ0v) is 22.5. The highest BCUT2D eigenvalue weighted by Crippen LogP contribution is 2.42. The molecule has 6 rings (SSSR count). The predicted octanol–water partition coefficient (Wildman–Crippen LogP) is 10.8. The van der Waals surface area contributed by atoms with E-state index < -0.39 is 0 Å². The summed E-state index contributed by atoms with van der Waals surface area (Å²) in [5.74, 6) is 0. The third kappa shape index (κ3) is 5.33. The Morgan fingerprint density at radius 1 is 0.342 bits per heavy atom. The van der Waals surface area contributed by atoms with Crippen molar-refractivity contribution < 1.29 is 0 Å². The number of thiol groups is 1. The van der Waals surface area contributed by atoms with Gasteiger partial charge in [0.05, 0.1) is 0 Å². The number of rotatable bonds is 6. The first-order valence-electron chi connectivity index (χ1n) is 12.7. The molecule has 0 fully saturated rings. The van der Waals surface area contributed by atoms with Crippen LogP contribution in [0, 0.1) is 0 Å². The van der Waals surface area contributed by atoms with Crippen molar-refractivity contribution in [1.29, 1.82) is 0 Å². The smallest absolute Gasteiger partial charge is 0.0128 e. The first-order chi connectivity index (χ1) is 18.7. The second-order valence-electron chi connectivity index (χ2n) is 9.16. The Bertz CT molecular complexity index is 1660. The lowest BCUT2D eigenvalue weighted by atomic mass is 9.89. The average molecular weight is 523 g/mol. The Morgan fingerprint density at radius 3 is 1.47 bits per heavy atom. The van der Waals surface area contributed by atoms with Gasteiger partial charge in [-0.3, -0.25) is 0 Å². The SMILES string of the molecule is Sc1ccc(-c2ccccc2)c(-c2ccc(Sc3ccc(-c4ccccc4)cc3)cc2-c2ccccc2)c1. The van der Waals surface area contributed by atoms with Gasteiger partial charge < -0.3 is 0 Å². The molecule has 0 saturated heterocycles. The summed E-state index contributed by atoms with van der Waals surface area (Å²) in [6, 6.07) is 53.8. The summed E-state index contributed by atoms with van der Waals surface area (Å²) in [4.78, 5) is 3.39. The largest absolute Gasteiger partial charge is 0.143 e. The Labute approximate surface area is 234 Å². The molecule has 0 heterocycles. The Morgan fingerprint density at radius 2 is 0.842 bits per heavy atom. The quantitative estimate of drug-likeness (QED) is 0.212. The number of hydrogen-bond donors (Lipinski definition) is 1. The molecule has 0 aromatic heterocycles. The minimum Gasteiger partial charge on any atom is -0.143 e. The van der Waals surface area contributed by atoms with Gasteiger partial charge in [0.25, 0.3) is 0 Å². The molecule has 0 bridgehead atoms. The van der Waals surface area contributed by atoms with Crippen LogP contribution in [0.5, 0.6) is 0 Å². The number of hydrogen-bond acceptors (Lipinski definition) is 2. The van der Waals surface area contributed by atoms with Crippen molar-refractivity contribution in [2.75, 3.05) is 0 Å². The summed E-state index contributed by atoms with van der Waals surface area (Å²) in [7, 11) is 0. The third-order valence-corrected chi connectivity index (χ3v) is 7.93. The van der Waals surface area contributed by atoms with Crippen molar-refractivity contribution in [3.63, 3.8) is 0 Å². The summed E-state index contributed by atoms with van der Waals surface area (Å²) in [6.45, 7) is 0. The highest BCUT2D eigenvalue weighted by Gasteiger charge is 2.14. The first kappa shape index (κ1) is 24.4. The monoisotopic (exact) mass is 522 g/mol. The lowest BCUT2D eigenvalue weighted by Gasteiger charge is -2.17. The summed E-state index contributed by atoms with van der Waals surface area (Å²) in [5, 5.41) is 0. The molecular formula is C36H26S2. The van der Waals surface area contributed by atoms with E-state index in [0.29, 0.717) is 0 Å². The molecule has 0 spiro atoms. The molecule has 0 atom stereocenters. The molecule has 0 amide bonds. The molecule has 0 radical (unpaired) electrons. The van der Waals surface area contributed by atoms with E-state index in [0.717, 1.165) is 4.90 Å². The summed E-state index contributed by atoms with van der Waals surface area (Å²) in [6.07, 6.45) is 0. The van der Waals surface area contributed by atoms with Gasteiger partial charge in [0, 0.05) is 14.7 Å².